The Labute approximate surface area is 101 Å². The number of benzene rings is 1. The van der Waals surface area contributed by atoms with Gasteiger partial charge in [0.2, 0.25) is 0 Å². The van der Waals surface area contributed by atoms with Crippen LogP contribution in [0.5, 0.6) is 0 Å². The maximum atomic E-state index is 10.6. The van der Waals surface area contributed by atoms with Crippen molar-refractivity contribution in [3.8, 4) is 0 Å². The van der Waals surface area contributed by atoms with E-state index in [0.717, 1.165) is 6.54 Å². The zero-order valence-electron chi connectivity index (χ0n) is 10.2. The van der Waals surface area contributed by atoms with Gasteiger partial charge >= 0.3 is 0 Å². The SMILES string of the molecule is C[C@@H]1CCCC[NH+]1Cc1ccc([N+](=O)[O-])cc1. The maximum absolute atomic E-state index is 10.6. The number of hydrogen-bond donors (Lipinski definition) is 1. The third-order valence-corrected chi connectivity index (χ3v) is 3.66. The first kappa shape index (κ1) is 12.0. The van der Waals surface area contributed by atoms with Crippen LogP contribution in [-0.2, 0) is 6.54 Å². The summed E-state index contributed by atoms with van der Waals surface area (Å²) in [6.45, 7) is 4.50. The summed E-state index contributed by atoms with van der Waals surface area (Å²) < 4.78 is 0. The van der Waals surface area contributed by atoms with Gasteiger partial charge in [0, 0.05) is 17.7 Å². The van der Waals surface area contributed by atoms with Crippen LogP contribution in [0.1, 0.15) is 31.7 Å². The molecule has 1 saturated heterocycles. The summed E-state index contributed by atoms with van der Waals surface area (Å²) >= 11 is 0. The predicted molar refractivity (Wildman–Crippen MR) is 65.9 cm³/mol. The second kappa shape index (κ2) is 5.27. The Kier molecular flexibility index (Phi) is 3.74. The van der Waals surface area contributed by atoms with E-state index in [1.54, 1.807) is 17.0 Å². The highest BCUT2D eigenvalue weighted by Gasteiger charge is 2.21. The molecule has 92 valence electrons. The van der Waals surface area contributed by atoms with Crippen LogP contribution in [0.15, 0.2) is 24.3 Å². The van der Waals surface area contributed by atoms with Crippen molar-refractivity contribution in [2.24, 2.45) is 0 Å². The van der Waals surface area contributed by atoms with Crippen LogP contribution in [-0.4, -0.2) is 17.5 Å². The fraction of sp³-hybridized carbons (Fsp3) is 0.538. The first-order chi connectivity index (χ1) is 8.16. The van der Waals surface area contributed by atoms with E-state index >= 15 is 0 Å². The predicted octanol–water partition coefficient (Wildman–Crippen LogP) is 1.55. The molecule has 1 heterocycles. The minimum atomic E-state index is -0.347. The van der Waals surface area contributed by atoms with Gasteiger partial charge in [-0.3, -0.25) is 10.1 Å². The standard InChI is InChI=1S/C13H18N2O2/c1-11-4-2-3-9-14(11)10-12-5-7-13(8-6-12)15(16)17/h5-8,11H,2-4,9-10H2,1H3/p+1/t11-/m1/s1. The summed E-state index contributed by atoms with van der Waals surface area (Å²) in [4.78, 5) is 11.8. The van der Waals surface area contributed by atoms with Gasteiger partial charge in [0.15, 0.2) is 0 Å². The summed E-state index contributed by atoms with van der Waals surface area (Å²) in [6, 6.07) is 7.67. The van der Waals surface area contributed by atoms with Gasteiger partial charge in [-0.2, -0.15) is 0 Å². The number of nitro groups is 1. The molecule has 1 aliphatic heterocycles. The molecule has 1 fully saturated rings. The van der Waals surface area contributed by atoms with Gasteiger partial charge in [-0.1, -0.05) is 0 Å². The Morgan fingerprint density at radius 2 is 2.06 bits per heavy atom. The van der Waals surface area contributed by atoms with Crippen molar-refractivity contribution in [1.29, 1.82) is 0 Å². The molecule has 2 rings (SSSR count). The molecule has 4 heteroatoms. The van der Waals surface area contributed by atoms with Crippen molar-refractivity contribution >= 4 is 5.69 Å². The highest BCUT2D eigenvalue weighted by Crippen LogP contribution is 2.11. The van der Waals surface area contributed by atoms with E-state index in [1.165, 1.54) is 31.4 Å². The Morgan fingerprint density at radius 3 is 2.65 bits per heavy atom. The van der Waals surface area contributed by atoms with Gasteiger partial charge in [0.05, 0.1) is 17.5 Å². The average molecular weight is 235 g/mol. The van der Waals surface area contributed by atoms with E-state index in [2.05, 4.69) is 6.92 Å². The third-order valence-electron chi connectivity index (χ3n) is 3.66. The number of rotatable bonds is 3. The molecule has 0 bridgehead atoms. The largest absolute Gasteiger partial charge is 0.329 e. The molecule has 1 unspecified atom stereocenters. The zero-order valence-corrected chi connectivity index (χ0v) is 10.2. The smallest absolute Gasteiger partial charge is 0.269 e. The second-order valence-electron chi connectivity index (χ2n) is 4.91. The topological polar surface area (TPSA) is 47.6 Å². The number of nitrogens with one attached hydrogen (secondary N) is 1. The number of non-ortho nitro benzene ring substituents is 1. The van der Waals surface area contributed by atoms with Crippen LogP contribution >= 0.6 is 0 Å². The first-order valence-corrected chi connectivity index (χ1v) is 6.25. The normalized spacial score (nSPS) is 24.5. The van der Waals surface area contributed by atoms with E-state index in [9.17, 15) is 10.1 Å². The lowest BCUT2D eigenvalue weighted by Gasteiger charge is -2.30. The third kappa shape index (κ3) is 3.03. The fourth-order valence-electron chi connectivity index (χ4n) is 2.51. The Bertz CT molecular complexity index is 389. The number of nitrogens with zero attached hydrogens (tertiary/aromatic N) is 1. The molecule has 2 atom stereocenters. The quantitative estimate of drug-likeness (QED) is 0.638. The molecule has 0 aromatic heterocycles. The Morgan fingerprint density at radius 1 is 1.35 bits per heavy atom. The van der Waals surface area contributed by atoms with Gasteiger partial charge in [0.1, 0.15) is 6.54 Å². The Balaban J connectivity index is 2.00. The molecule has 4 nitrogen and oxygen atoms in total. The summed E-state index contributed by atoms with van der Waals surface area (Å²) in [5.74, 6) is 0. The first-order valence-electron chi connectivity index (χ1n) is 6.25. The summed E-state index contributed by atoms with van der Waals surface area (Å²) in [5.41, 5.74) is 1.37. The van der Waals surface area contributed by atoms with Crippen LogP contribution in [0.25, 0.3) is 0 Å². The van der Waals surface area contributed by atoms with Crippen molar-refractivity contribution < 1.29 is 9.82 Å². The van der Waals surface area contributed by atoms with Crippen molar-refractivity contribution in [2.45, 2.75) is 38.8 Å². The van der Waals surface area contributed by atoms with E-state index < -0.39 is 0 Å². The van der Waals surface area contributed by atoms with Crippen LogP contribution < -0.4 is 4.90 Å². The van der Waals surface area contributed by atoms with E-state index in [4.69, 9.17) is 0 Å². The van der Waals surface area contributed by atoms with Crippen LogP contribution in [0.3, 0.4) is 0 Å². The van der Waals surface area contributed by atoms with Crippen molar-refractivity contribution in [3.63, 3.8) is 0 Å². The maximum Gasteiger partial charge on any atom is 0.269 e. The molecule has 0 aliphatic carbocycles. The van der Waals surface area contributed by atoms with Crippen LogP contribution in [0.4, 0.5) is 5.69 Å². The second-order valence-corrected chi connectivity index (χ2v) is 4.91. The molecule has 1 aromatic carbocycles. The summed E-state index contributed by atoms with van der Waals surface area (Å²) in [7, 11) is 0. The summed E-state index contributed by atoms with van der Waals surface area (Å²) in [6.07, 6.45) is 3.93. The minimum absolute atomic E-state index is 0.176. The minimum Gasteiger partial charge on any atom is -0.329 e. The average Bonchev–Trinajstić information content (AvgIpc) is 2.33. The number of likely N-dealkylation sites (tertiary alicyclic amines) is 1. The summed E-state index contributed by atoms with van der Waals surface area (Å²) in [5, 5.41) is 10.6. The molecular weight excluding hydrogens is 216 g/mol. The number of piperidine rings is 1. The number of nitro benzene ring substituents is 1. The van der Waals surface area contributed by atoms with E-state index in [-0.39, 0.29) is 10.6 Å². The number of hydrogen-bond acceptors (Lipinski definition) is 2. The van der Waals surface area contributed by atoms with Gasteiger partial charge in [-0.05, 0) is 38.3 Å². The molecule has 1 aromatic rings. The van der Waals surface area contributed by atoms with Crippen molar-refractivity contribution in [3.05, 3.63) is 39.9 Å². The fourth-order valence-corrected chi connectivity index (χ4v) is 2.51. The van der Waals surface area contributed by atoms with Gasteiger partial charge in [-0.25, -0.2) is 0 Å². The highest BCUT2D eigenvalue weighted by molar-refractivity contribution is 5.32. The van der Waals surface area contributed by atoms with Crippen molar-refractivity contribution in [1.82, 2.24) is 0 Å². The molecule has 0 saturated carbocycles. The Hall–Kier alpha value is -1.42. The molecule has 0 radical (unpaired) electrons. The number of quaternary nitrogens is 1. The molecule has 1 N–H and O–H groups in total. The molecule has 0 spiro atoms. The lowest BCUT2D eigenvalue weighted by atomic mass is 10.0. The lowest BCUT2D eigenvalue weighted by Crippen LogP contribution is -3.14. The van der Waals surface area contributed by atoms with E-state index in [1.807, 2.05) is 12.1 Å². The lowest BCUT2D eigenvalue weighted by molar-refractivity contribution is -0.941. The van der Waals surface area contributed by atoms with Crippen molar-refractivity contribution in [2.75, 3.05) is 6.54 Å². The van der Waals surface area contributed by atoms with Crippen LogP contribution in [0, 0.1) is 10.1 Å². The molecule has 0 amide bonds. The van der Waals surface area contributed by atoms with Gasteiger partial charge in [0.25, 0.3) is 5.69 Å². The highest BCUT2D eigenvalue weighted by atomic mass is 16.6. The monoisotopic (exact) mass is 235 g/mol. The van der Waals surface area contributed by atoms with Crippen LogP contribution in [0.2, 0.25) is 0 Å². The molecular formula is C13H19N2O2+. The van der Waals surface area contributed by atoms with E-state index in [0.29, 0.717) is 6.04 Å². The molecule has 1 aliphatic rings. The zero-order chi connectivity index (χ0) is 12.3. The molecule has 17 heavy (non-hydrogen) atoms. The van der Waals surface area contributed by atoms with Gasteiger partial charge < -0.3 is 4.90 Å². The van der Waals surface area contributed by atoms with Gasteiger partial charge in [-0.15, -0.1) is 0 Å².